The first-order valence-electron chi connectivity index (χ1n) is 7.45. The van der Waals surface area contributed by atoms with E-state index in [-0.39, 0.29) is 5.56 Å². The van der Waals surface area contributed by atoms with Gasteiger partial charge in [0.1, 0.15) is 11.6 Å². The van der Waals surface area contributed by atoms with Gasteiger partial charge in [-0.3, -0.25) is 5.10 Å². The lowest BCUT2D eigenvalue weighted by molar-refractivity contribution is 0.564. The number of hydrogen-bond donors (Lipinski definition) is 1. The lowest BCUT2D eigenvalue weighted by Crippen LogP contribution is -1.94. The minimum Gasteiger partial charge on any atom is -0.278 e. The first-order valence-corrected chi connectivity index (χ1v) is 7.45. The highest BCUT2D eigenvalue weighted by Gasteiger charge is 2.07. The third-order valence-corrected chi connectivity index (χ3v) is 3.78. The van der Waals surface area contributed by atoms with Gasteiger partial charge in [0, 0.05) is 11.8 Å². The summed E-state index contributed by atoms with van der Waals surface area (Å²) in [5.41, 5.74) is 3.71. The fourth-order valence-electron chi connectivity index (χ4n) is 2.18. The minimum atomic E-state index is -0.501. The SMILES string of the molecule is C=C/C(=C\C=C(/C)c1ccn[nH]1)CCc1cc(F)c(C)c(F)c1. The molecule has 0 radical (unpaired) electrons. The summed E-state index contributed by atoms with van der Waals surface area (Å²) in [7, 11) is 0. The molecule has 0 bridgehead atoms. The first-order chi connectivity index (χ1) is 11.0. The van der Waals surface area contributed by atoms with Crippen molar-refractivity contribution in [3.8, 4) is 0 Å². The third-order valence-electron chi connectivity index (χ3n) is 3.78. The molecule has 23 heavy (non-hydrogen) atoms. The number of aromatic nitrogens is 2. The largest absolute Gasteiger partial charge is 0.278 e. The second kappa shape index (κ2) is 7.68. The van der Waals surface area contributed by atoms with E-state index >= 15 is 0 Å². The molecule has 120 valence electrons. The van der Waals surface area contributed by atoms with Crippen LogP contribution in [0, 0.1) is 18.6 Å². The fourth-order valence-corrected chi connectivity index (χ4v) is 2.18. The van der Waals surface area contributed by atoms with E-state index in [1.807, 2.05) is 25.1 Å². The Morgan fingerprint density at radius 2 is 1.96 bits per heavy atom. The molecule has 4 heteroatoms. The van der Waals surface area contributed by atoms with Crippen LogP contribution in [-0.2, 0) is 6.42 Å². The molecule has 0 fully saturated rings. The standard InChI is InChI=1S/C19H20F2N2/c1-4-15(6-5-13(2)19-9-10-22-23-19)7-8-16-11-17(20)14(3)18(21)12-16/h4-6,9-12H,1,7-8H2,2-3H3,(H,22,23)/b13-5+,15-6+. The number of hydrogen-bond acceptors (Lipinski definition) is 1. The van der Waals surface area contributed by atoms with Crippen molar-refractivity contribution < 1.29 is 8.78 Å². The summed E-state index contributed by atoms with van der Waals surface area (Å²) in [5, 5.41) is 6.81. The molecule has 2 nitrogen and oxygen atoms in total. The number of nitrogens with zero attached hydrogens (tertiary/aromatic N) is 1. The van der Waals surface area contributed by atoms with Gasteiger partial charge in [-0.25, -0.2) is 8.78 Å². The van der Waals surface area contributed by atoms with Crippen LogP contribution in [0.4, 0.5) is 8.78 Å². The van der Waals surface area contributed by atoms with Crippen molar-refractivity contribution in [2.24, 2.45) is 0 Å². The zero-order valence-electron chi connectivity index (χ0n) is 13.4. The van der Waals surface area contributed by atoms with Gasteiger partial charge in [0.2, 0.25) is 0 Å². The van der Waals surface area contributed by atoms with Gasteiger partial charge < -0.3 is 0 Å². The van der Waals surface area contributed by atoms with Gasteiger partial charge in [-0.1, -0.05) is 24.8 Å². The van der Waals surface area contributed by atoms with Crippen LogP contribution in [0.15, 0.2) is 54.8 Å². The lowest BCUT2D eigenvalue weighted by Gasteiger charge is -2.06. The number of aromatic amines is 1. The predicted molar refractivity (Wildman–Crippen MR) is 89.9 cm³/mol. The van der Waals surface area contributed by atoms with E-state index in [9.17, 15) is 8.78 Å². The van der Waals surface area contributed by atoms with Gasteiger partial charge in [0.05, 0.1) is 5.69 Å². The second-order valence-electron chi connectivity index (χ2n) is 5.45. The van der Waals surface area contributed by atoms with Crippen LogP contribution in [0.5, 0.6) is 0 Å². The monoisotopic (exact) mass is 314 g/mol. The number of rotatable bonds is 6. The number of H-pyrrole nitrogens is 1. The van der Waals surface area contributed by atoms with E-state index in [1.54, 1.807) is 12.3 Å². The summed E-state index contributed by atoms with van der Waals surface area (Å²) < 4.78 is 27.1. The van der Waals surface area contributed by atoms with Crippen molar-refractivity contribution in [2.75, 3.05) is 0 Å². The average molecular weight is 314 g/mol. The van der Waals surface area contributed by atoms with Crippen LogP contribution in [0.25, 0.3) is 5.57 Å². The minimum absolute atomic E-state index is 0.0614. The topological polar surface area (TPSA) is 28.7 Å². The van der Waals surface area contributed by atoms with Crippen molar-refractivity contribution in [3.05, 3.63) is 83.2 Å². The number of allylic oxidation sites excluding steroid dienone is 5. The van der Waals surface area contributed by atoms with E-state index in [1.165, 1.54) is 19.1 Å². The van der Waals surface area contributed by atoms with E-state index in [0.29, 0.717) is 18.4 Å². The first kappa shape index (κ1) is 16.9. The quantitative estimate of drug-likeness (QED) is 0.734. The number of nitrogens with one attached hydrogen (secondary N) is 1. The van der Waals surface area contributed by atoms with Crippen LogP contribution in [0.3, 0.4) is 0 Å². The maximum Gasteiger partial charge on any atom is 0.129 e. The molecule has 0 aliphatic heterocycles. The molecule has 0 saturated heterocycles. The van der Waals surface area contributed by atoms with Crippen LogP contribution in [0.2, 0.25) is 0 Å². The summed E-state index contributed by atoms with van der Waals surface area (Å²) in [6.07, 6.45) is 8.62. The van der Waals surface area contributed by atoms with Gasteiger partial charge >= 0.3 is 0 Å². The molecule has 0 aliphatic rings. The molecule has 1 heterocycles. The predicted octanol–water partition coefficient (Wildman–Crippen LogP) is 5.14. The van der Waals surface area contributed by atoms with Crippen molar-refractivity contribution in [3.63, 3.8) is 0 Å². The van der Waals surface area contributed by atoms with E-state index < -0.39 is 11.6 Å². The fraction of sp³-hybridized carbons (Fsp3) is 0.211. The summed E-state index contributed by atoms with van der Waals surface area (Å²) in [5.74, 6) is -1.00. The van der Waals surface area contributed by atoms with Crippen molar-refractivity contribution >= 4 is 5.57 Å². The van der Waals surface area contributed by atoms with Gasteiger partial charge in [0.25, 0.3) is 0 Å². The maximum absolute atomic E-state index is 13.6. The summed E-state index contributed by atoms with van der Waals surface area (Å²) in [6.45, 7) is 7.22. The average Bonchev–Trinajstić information content (AvgIpc) is 3.06. The normalized spacial score (nSPS) is 12.5. The molecule has 0 amide bonds. The van der Waals surface area contributed by atoms with Gasteiger partial charge in [-0.05, 0) is 61.6 Å². The van der Waals surface area contributed by atoms with Crippen molar-refractivity contribution in [1.29, 1.82) is 0 Å². The number of benzene rings is 1. The van der Waals surface area contributed by atoms with E-state index in [2.05, 4.69) is 16.8 Å². The Bertz CT molecular complexity index is 718. The Kier molecular flexibility index (Phi) is 5.63. The second-order valence-corrected chi connectivity index (χ2v) is 5.45. The van der Waals surface area contributed by atoms with Gasteiger partial charge in [-0.2, -0.15) is 5.10 Å². The van der Waals surface area contributed by atoms with Gasteiger partial charge in [-0.15, -0.1) is 0 Å². The van der Waals surface area contributed by atoms with Crippen LogP contribution < -0.4 is 0 Å². The molecule has 1 N–H and O–H groups in total. The molecule has 2 aromatic rings. The Morgan fingerprint density at radius 1 is 1.26 bits per heavy atom. The highest BCUT2D eigenvalue weighted by atomic mass is 19.1. The zero-order valence-corrected chi connectivity index (χ0v) is 13.4. The van der Waals surface area contributed by atoms with E-state index in [4.69, 9.17) is 0 Å². The molecule has 2 rings (SSSR count). The van der Waals surface area contributed by atoms with Crippen LogP contribution in [0.1, 0.15) is 30.2 Å². The Hall–Kier alpha value is -2.49. The van der Waals surface area contributed by atoms with Crippen LogP contribution in [-0.4, -0.2) is 10.2 Å². The third kappa shape index (κ3) is 4.49. The summed E-state index contributed by atoms with van der Waals surface area (Å²) in [6, 6.07) is 4.68. The van der Waals surface area contributed by atoms with Gasteiger partial charge in [0.15, 0.2) is 0 Å². The molecule has 1 aromatic carbocycles. The molecule has 0 saturated carbocycles. The Morgan fingerprint density at radius 3 is 2.52 bits per heavy atom. The smallest absolute Gasteiger partial charge is 0.129 e. The highest BCUT2D eigenvalue weighted by molar-refractivity contribution is 5.62. The Balaban J connectivity index is 2.07. The molecule has 0 unspecified atom stereocenters. The van der Waals surface area contributed by atoms with E-state index in [0.717, 1.165) is 16.8 Å². The molecule has 0 aliphatic carbocycles. The molecular formula is C19H20F2N2. The summed E-state index contributed by atoms with van der Waals surface area (Å²) >= 11 is 0. The zero-order chi connectivity index (χ0) is 16.8. The summed E-state index contributed by atoms with van der Waals surface area (Å²) in [4.78, 5) is 0. The molecule has 1 aromatic heterocycles. The lowest BCUT2D eigenvalue weighted by atomic mass is 10.0. The number of halogens is 2. The number of aryl methyl sites for hydroxylation is 1. The van der Waals surface area contributed by atoms with Crippen molar-refractivity contribution in [2.45, 2.75) is 26.7 Å². The van der Waals surface area contributed by atoms with Crippen molar-refractivity contribution in [1.82, 2.24) is 10.2 Å². The highest BCUT2D eigenvalue weighted by Crippen LogP contribution is 2.18. The maximum atomic E-state index is 13.6. The van der Waals surface area contributed by atoms with Crippen LogP contribution >= 0.6 is 0 Å². The molecular weight excluding hydrogens is 294 g/mol. The molecule has 0 spiro atoms. The Labute approximate surface area is 135 Å². The molecule has 0 atom stereocenters.